The molecule has 63 heavy (non-hydrogen) atoms. The molecule has 1 nitrogen and oxygen atoms in total. The second kappa shape index (κ2) is 14.3. The first-order valence-electron chi connectivity index (χ1n) is 22.1. The van der Waals surface area contributed by atoms with E-state index in [-0.39, 0.29) is 11.8 Å². The first-order chi connectivity index (χ1) is 31.3. The molecular weight excluding hydrogens is 759 g/mol. The molecule has 10 aromatic carbocycles. The van der Waals surface area contributed by atoms with E-state index < -0.39 is 0 Å². The van der Waals surface area contributed by atoms with E-state index in [9.17, 15) is 0 Å². The van der Waals surface area contributed by atoms with E-state index >= 15 is 0 Å². The van der Waals surface area contributed by atoms with E-state index in [4.69, 9.17) is 0 Å². The van der Waals surface area contributed by atoms with Crippen molar-refractivity contribution >= 4 is 21.8 Å². The van der Waals surface area contributed by atoms with E-state index in [0.29, 0.717) is 0 Å². The predicted octanol–water partition coefficient (Wildman–Crippen LogP) is 16.1. The van der Waals surface area contributed by atoms with Crippen molar-refractivity contribution in [2.24, 2.45) is 0 Å². The Morgan fingerprint density at radius 2 is 0.841 bits per heavy atom. The first-order valence-corrected chi connectivity index (χ1v) is 22.1. The second-order valence-electron chi connectivity index (χ2n) is 17.1. The average molecular weight is 800 g/mol. The molecule has 0 bridgehead atoms. The number of para-hydroxylation sites is 1. The van der Waals surface area contributed by atoms with Gasteiger partial charge < -0.3 is 4.57 Å². The lowest BCUT2D eigenvalue weighted by Gasteiger charge is -2.20. The molecule has 0 amide bonds. The molecule has 0 radical (unpaired) electrons. The Kier molecular flexibility index (Phi) is 8.11. The van der Waals surface area contributed by atoms with Crippen LogP contribution in [0.15, 0.2) is 237 Å². The summed E-state index contributed by atoms with van der Waals surface area (Å²) in [6.45, 7) is 0. The van der Waals surface area contributed by atoms with Crippen molar-refractivity contribution in [1.29, 1.82) is 0 Å². The quantitative estimate of drug-likeness (QED) is 0.158. The van der Waals surface area contributed by atoms with Crippen LogP contribution in [-0.4, -0.2) is 4.57 Å². The van der Waals surface area contributed by atoms with Crippen molar-refractivity contribution in [3.63, 3.8) is 0 Å². The second-order valence-corrected chi connectivity index (χ2v) is 17.1. The van der Waals surface area contributed by atoms with Crippen LogP contribution in [0.2, 0.25) is 0 Å². The maximum absolute atomic E-state index is 2.47. The first kappa shape index (κ1) is 35.7. The van der Waals surface area contributed by atoms with Crippen molar-refractivity contribution in [2.75, 3.05) is 0 Å². The Labute approximate surface area is 367 Å². The van der Waals surface area contributed by atoms with Gasteiger partial charge in [0.15, 0.2) is 0 Å². The normalized spacial score (nSPS) is 14.7. The highest BCUT2D eigenvalue weighted by atomic mass is 15.0. The monoisotopic (exact) mass is 799 g/mol. The third-order valence-electron chi connectivity index (χ3n) is 13.8. The van der Waals surface area contributed by atoms with Gasteiger partial charge in [0.2, 0.25) is 0 Å². The molecular formula is C62H41N. The van der Waals surface area contributed by atoms with Gasteiger partial charge in [0.1, 0.15) is 0 Å². The topological polar surface area (TPSA) is 4.93 Å². The number of rotatable bonds is 6. The zero-order valence-corrected chi connectivity index (χ0v) is 34.6. The summed E-state index contributed by atoms with van der Waals surface area (Å²) >= 11 is 0. The standard InChI is InChI=1S/C62H41N/c1-4-15-40(16-5-1)42-27-29-44(30-28-42)60-52-33-31-46(38-55(52)53-34-35-54-59(43-19-8-3-9-20-43)50-24-10-11-25-51(50)61(54)62(53)60)47-32-36-58-56(39-47)49-23-12-13-26-57(49)63(58)48-22-14-21-45(37-48)41-17-6-2-7-18-41/h1-39,59-60H. The molecule has 1 heterocycles. The van der Waals surface area contributed by atoms with Crippen LogP contribution in [0.25, 0.3) is 83.1 Å². The highest BCUT2D eigenvalue weighted by Crippen LogP contribution is 2.58. The summed E-state index contributed by atoms with van der Waals surface area (Å²) < 4.78 is 2.43. The molecule has 0 spiro atoms. The Balaban J connectivity index is 0.979. The van der Waals surface area contributed by atoms with Crippen molar-refractivity contribution in [2.45, 2.75) is 11.8 Å². The minimum absolute atomic E-state index is 0.0958. The van der Waals surface area contributed by atoms with E-state index in [1.807, 2.05) is 0 Å². The van der Waals surface area contributed by atoms with Crippen LogP contribution in [0.5, 0.6) is 0 Å². The molecule has 0 N–H and O–H groups in total. The van der Waals surface area contributed by atoms with Crippen molar-refractivity contribution in [3.8, 4) is 61.3 Å². The van der Waals surface area contributed by atoms with Crippen LogP contribution in [0.4, 0.5) is 0 Å². The van der Waals surface area contributed by atoms with Gasteiger partial charge in [0.25, 0.3) is 0 Å². The largest absolute Gasteiger partial charge is 0.309 e. The van der Waals surface area contributed by atoms with Gasteiger partial charge in [-0.05, 0) is 125 Å². The SMILES string of the molecule is c1ccc(-c2ccc(C3c4ccc(-c5ccc6c(c5)c5ccccc5n6-c5cccc(-c6ccccc6)c5)cc4-c4ccc5c(c43)-c3ccccc3C5c3ccccc3)cc2)cc1. The highest BCUT2D eigenvalue weighted by molar-refractivity contribution is 6.10. The van der Waals surface area contributed by atoms with E-state index in [1.165, 1.54) is 111 Å². The van der Waals surface area contributed by atoms with Crippen LogP contribution in [0.3, 0.4) is 0 Å². The molecule has 0 saturated carbocycles. The Morgan fingerprint density at radius 3 is 1.65 bits per heavy atom. The predicted molar refractivity (Wildman–Crippen MR) is 263 cm³/mol. The summed E-state index contributed by atoms with van der Waals surface area (Å²) in [7, 11) is 0. The molecule has 2 unspecified atom stereocenters. The Bertz CT molecular complexity index is 3540. The Hall–Kier alpha value is -8.00. The third-order valence-corrected chi connectivity index (χ3v) is 13.8. The van der Waals surface area contributed by atoms with Crippen molar-refractivity contribution in [3.05, 3.63) is 270 Å². The summed E-state index contributed by atoms with van der Waals surface area (Å²) in [5.41, 5.74) is 24.6. The molecule has 0 fully saturated rings. The van der Waals surface area contributed by atoms with E-state index in [1.54, 1.807) is 0 Å². The summed E-state index contributed by atoms with van der Waals surface area (Å²) in [5.74, 6) is 0.288. The van der Waals surface area contributed by atoms with Crippen LogP contribution in [-0.2, 0) is 0 Å². The van der Waals surface area contributed by atoms with Crippen molar-refractivity contribution < 1.29 is 0 Å². The van der Waals surface area contributed by atoms with Gasteiger partial charge in [-0.25, -0.2) is 0 Å². The fraction of sp³-hybridized carbons (Fsp3) is 0.0323. The number of aromatic nitrogens is 1. The number of nitrogens with zero attached hydrogens (tertiary/aromatic N) is 1. The molecule has 1 heteroatoms. The van der Waals surface area contributed by atoms with E-state index in [2.05, 4.69) is 241 Å². The average Bonchev–Trinajstić information content (AvgIpc) is 4.00. The van der Waals surface area contributed by atoms with Gasteiger partial charge in [0, 0.05) is 28.3 Å². The molecule has 294 valence electrons. The Morgan fingerprint density at radius 1 is 0.286 bits per heavy atom. The van der Waals surface area contributed by atoms with Crippen LogP contribution in [0.1, 0.15) is 45.2 Å². The molecule has 0 saturated heterocycles. The van der Waals surface area contributed by atoms with Gasteiger partial charge in [-0.2, -0.15) is 0 Å². The fourth-order valence-corrected chi connectivity index (χ4v) is 11.0. The molecule has 0 aliphatic heterocycles. The highest BCUT2D eigenvalue weighted by Gasteiger charge is 2.39. The van der Waals surface area contributed by atoms with Crippen LogP contribution >= 0.6 is 0 Å². The number of hydrogen-bond donors (Lipinski definition) is 0. The van der Waals surface area contributed by atoms with Crippen LogP contribution in [0, 0.1) is 0 Å². The van der Waals surface area contributed by atoms with E-state index in [0.717, 1.165) is 5.69 Å². The molecule has 2 aliphatic carbocycles. The van der Waals surface area contributed by atoms with Gasteiger partial charge in [-0.3, -0.25) is 0 Å². The number of benzene rings is 10. The zero-order chi connectivity index (χ0) is 41.4. The minimum atomic E-state index is 0.0958. The minimum Gasteiger partial charge on any atom is -0.309 e. The summed E-state index contributed by atoms with van der Waals surface area (Å²) in [6.07, 6.45) is 0. The lowest BCUT2D eigenvalue weighted by atomic mass is 9.83. The fourth-order valence-electron chi connectivity index (χ4n) is 11.0. The molecule has 1 aromatic heterocycles. The lowest BCUT2D eigenvalue weighted by Crippen LogP contribution is -2.03. The maximum atomic E-state index is 2.47. The number of fused-ring (bicyclic) bond motifs is 10. The van der Waals surface area contributed by atoms with Gasteiger partial charge in [-0.1, -0.05) is 200 Å². The van der Waals surface area contributed by atoms with Crippen LogP contribution < -0.4 is 0 Å². The van der Waals surface area contributed by atoms with Gasteiger partial charge in [-0.15, -0.1) is 0 Å². The molecule has 11 aromatic rings. The van der Waals surface area contributed by atoms with Crippen molar-refractivity contribution in [1.82, 2.24) is 4.57 Å². The smallest absolute Gasteiger partial charge is 0.0541 e. The molecule has 13 rings (SSSR count). The number of hydrogen-bond acceptors (Lipinski definition) is 0. The summed E-state index contributed by atoms with van der Waals surface area (Å²) in [4.78, 5) is 0. The summed E-state index contributed by atoms with van der Waals surface area (Å²) in [6, 6.07) is 87.8. The molecule has 2 atom stereocenters. The molecule has 2 aliphatic rings. The maximum Gasteiger partial charge on any atom is 0.0541 e. The zero-order valence-electron chi connectivity index (χ0n) is 34.6. The summed E-state index contributed by atoms with van der Waals surface area (Å²) in [5, 5.41) is 2.51. The lowest BCUT2D eigenvalue weighted by molar-refractivity contribution is 0.995. The third kappa shape index (κ3) is 5.63. The van der Waals surface area contributed by atoms with Gasteiger partial charge in [0.05, 0.1) is 11.0 Å². The van der Waals surface area contributed by atoms with Gasteiger partial charge >= 0.3 is 0 Å².